The molecule has 4 nitrogen and oxygen atoms in total. The molecule has 0 radical (unpaired) electrons. The van der Waals surface area contributed by atoms with Crippen molar-refractivity contribution in [2.75, 3.05) is 13.1 Å². The van der Waals surface area contributed by atoms with Crippen LogP contribution in [-0.2, 0) is 13.7 Å². The third kappa shape index (κ3) is 3.94. The fourth-order valence-electron chi connectivity index (χ4n) is 4.06. The van der Waals surface area contributed by atoms with E-state index in [1.54, 1.807) is 0 Å². The Balaban J connectivity index is 1.64. The number of benzene rings is 2. The van der Waals surface area contributed by atoms with Gasteiger partial charge in [-0.3, -0.25) is 4.79 Å². The number of aromatic nitrogens is 1. The van der Waals surface area contributed by atoms with Gasteiger partial charge in [0.25, 0.3) is 0 Å². The number of fused-ring (bicyclic) bond motifs is 1. The van der Waals surface area contributed by atoms with Crippen molar-refractivity contribution in [1.82, 2.24) is 9.88 Å². The number of Topliss-reactive ketones (excluding diaryl/α,β-unsaturated/α-hetero) is 1. The van der Waals surface area contributed by atoms with E-state index in [2.05, 4.69) is 16.0 Å². The Hall–Kier alpha value is -2.30. The van der Waals surface area contributed by atoms with Crippen LogP contribution in [0.5, 0.6) is 5.75 Å². The van der Waals surface area contributed by atoms with Crippen LogP contribution < -0.4 is 10.1 Å². The first-order valence-corrected chi connectivity index (χ1v) is 10.2. The molecule has 2 heterocycles. The lowest BCUT2D eigenvalue weighted by Crippen LogP contribution is -2.29. The third-order valence-electron chi connectivity index (χ3n) is 5.63. The van der Waals surface area contributed by atoms with Crippen molar-refractivity contribution in [3.63, 3.8) is 0 Å². The van der Waals surface area contributed by atoms with Gasteiger partial charge < -0.3 is 14.6 Å². The van der Waals surface area contributed by atoms with Gasteiger partial charge in [0.1, 0.15) is 12.4 Å². The van der Waals surface area contributed by atoms with E-state index in [1.165, 1.54) is 0 Å². The monoisotopic (exact) mass is 396 g/mol. The molecule has 28 heavy (non-hydrogen) atoms. The van der Waals surface area contributed by atoms with Crippen LogP contribution in [0, 0.1) is 5.92 Å². The van der Waals surface area contributed by atoms with Crippen molar-refractivity contribution < 1.29 is 9.53 Å². The SMILES string of the molecule is Cn1c(COc2ccc(Cl)cc2)c(C(=O)CC2CCNCC2)c2ccccc21. The molecule has 2 aromatic carbocycles. The summed E-state index contributed by atoms with van der Waals surface area (Å²) in [6, 6.07) is 15.4. The number of nitrogens with one attached hydrogen (secondary N) is 1. The summed E-state index contributed by atoms with van der Waals surface area (Å²) in [5.74, 6) is 1.42. The molecular formula is C23H25ClN2O2. The maximum absolute atomic E-state index is 13.3. The number of rotatable bonds is 6. The molecule has 5 heteroatoms. The lowest BCUT2D eigenvalue weighted by atomic mass is 9.90. The molecule has 1 saturated heterocycles. The second kappa shape index (κ2) is 8.38. The Bertz CT molecular complexity index is 972. The van der Waals surface area contributed by atoms with E-state index < -0.39 is 0 Å². The molecule has 1 aromatic heterocycles. The number of hydrogen-bond acceptors (Lipinski definition) is 3. The predicted molar refractivity (Wildman–Crippen MR) is 113 cm³/mol. The normalized spacial score (nSPS) is 15.1. The van der Waals surface area contributed by atoms with Gasteiger partial charge in [-0.2, -0.15) is 0 Å². The average molecular weight is 397 g/mol. The highest BCUT2D eigenvalue weighted by Gasteiger charge is 2.24. The Morgan fingerprint density at radius 2 is 1.86 bits per heavy atom. The van der Waals surface area contributed by atoms with Crippen LogP contribution >= 0.6 is 11.6 Å². The number of carbonyl (C=O) groups is 1. The molecule has 146 valence electrons. The van der Waals surface area contributed by atoms with E-state index in [9.17, 15) is 4.79 Å². The molecule has 0 spiro atoms. The highest BCUT2D eigenvalue weighted by Crippen LogP contribution is 2.30. The van der Waals surface area contributed by atoms with Crippen molar-refractivity contribution in [3.8, 4) is 5.75 Å². The molecule has 1 aliphatic rings. The standard InChI is InChI=1S/C23H25ClN2O2/c1-26-20-5-3-2-4-19(20)23(22(27)14-16-10-12-25-13-11-16)21(26)15-28-18-8-6-17(24)7-9-18/h2-9,16,25H,10-15H2,1H3. The van der Waals surface area contributed by atoms with Crippen molar-refractivity contribution in [2.24, 2.45) is 13.0 Å². The number of halogens is 1. The van der Waals surface area contributed by atoms with Crippen LogP contribution in [0.25, 0.3) is 10.9 Å². The molecule has 4 rings (SSSR count). The van der Waals surface area contributed by atoms with Gasteiger partial charge in [-0.1, -0.05) is 29.8 Å². The molecule has 1 N–H and O–H groups in total. The minimum Gasteiger partial charge on any atom is -0.487 e. The number of hydrogen-bond donors (Lipinski definition) is 1. The van der Waals surface area contributed by atoms with E-state index >= 15 is 0 Å². The second-order valence-electron chi connectivity index (χ2n) is 7.46. The first-order valence-electron chi connectivity index (χ1n) is 9.82. The maximum atomic E-state index is 13.3. The first kappa shape index (κ1) is 19.0. The zero-order valence-corrected chi connectivity index (χ0v) is 16.8. The second-order valence-corrected chi connectivity index (χ2v) is 7.90. The Morgan fingerprint density at radius 3 is 2.61 bits per heavy atom. The van der Waals surface area contributed by atoms with Gasteiger partial charge in [0.05, 0.1) is 5.69 Å². The van der Waals surface area contributed by atoms with E-state index in [0.29, 0.717) is 24.0 Å². The summed E-state index contributed by atoms with van der Waals surface area (Å²) >= 11 is 5.96. The van der Waals surface area contributed by atoms with Crippen LogP contribution in [0.3, 0.4) is 0 Å². The summed E-state index contributed by atoms with van der Waals surface area (Å²) in [7, 11) is 2.00. The lowest BCUT2D eigenvalue weighted by Gasteiger charge is -2.22. The number of carbonyl (C=O) groups excluding carboxylic acids is 1. The molecule has 0 unspecified atom stereocenters. The molecule has 0 atom stereocenters. The number of para-hydroxylation sites is 1. The van der Waals surface area contributed by atoms with Gasteiger partial charge in [0.15, 0.2) is 5.78 Å². The summed E-state index contributed by atoms with van der Waals surface area (Å²) in [6.45, 7) is 2.35. The molecular weight excluding hydrogens is 372 g/mol. The number of ketones is 1. The number of piperidine rings is 1. The van der Waals surface area contributed by atoms with Crippen LogP contribution in [0.4, 0.5) is 0 Å². The van der Waals surface area contributed by atoms with E-state index in [0.717, 1.165) is 53.8 Å². The Labute approximate surface area is 170 Å². The number of aryl methyl sites for hydroxylation is 1. The molecule has 0 saturated carbocycles. The summed E-state index contributed by atoms with van der Waals surface area (Å²) in [5, 5.41) is 5.06. The van der Waals surface area contributed by atoms with E-state index in [1.807, 2.05) is 49.5 Å². The molecule has 0 bridgehead atoms. The van der Waals surface area contributed by atoms with Crippen molar-refractivity contribution in [2.45, 2.75) is 25.9 Å². The lowest BCUT2D eigenvalue weighted by molar-refractivity contribution is 0.0951. The fourth-order valence-corrected chi connectivity index (χ4v) is 4.18. The maximum Gasteiger partial charge on any atom is 0.165 e. The van der Waals surface area contributed by atoms with Crippen molar-refractivity contribution >= 4 is 28.3 Å². The Kier molecular flexibility index (Phi) is 5.69. The van der Waals surface area contributed by atoms with Crippen LogP contribution in [0.1, 0.15) is 35.3 Å². The van der Waals surface area contributed by atoms with Gasteiger partial charge in [-0.05, 0) is 62.2 Å². The zero-order valence-electron chi connectivity index (χ0n) is 16.1. The zero-order chi connectivity index (χ0) is 19.5. The molecule has 0 amide bonds. The highest BCUT2D eigenvalue weighted by molar-refractivity contribution is 6.30. The third-order valence-corrected chi connectivity index (χ3v) is 5.88. The first-order chi connectivity index (χ1) is 13.6. The molecule has 0 aliphatic carbocycles. The quantitative estimate of drug-likeness (QED) is 0.597. The summed E-state index contributed by atoms with van der Waals surface area (Å²) < 4.78 is 8.08. The van der Waals surface area contributed by atoms with Crippen LogP contribution in [-0.4, -0.2) is 23.4 Å². The summed E-state index contributed by atoms with van der Waals surface area (Å²) in [6.07, 6.45) is 2.73. The topological polar surface area (TPSA) is 43.3 Å². The van der Waals surface area contributed by atoms with Gasteiger partial charge in [-0.15, -0.1) is 0 Å². The summed E-state index contributed by atoms with van der Waals surface area (Å²) in [4.78, 5) is 13.3. The van der Waals surface area contributed by atoms with Crippen LogP contribution in [0.15, 0.2) is 48.5 Å². The number of ether oxygens (including phenoxy) is 1. The Morgan fingerprint density at radius 1 is 1.14 bits per heavy atom. The largest absolute Gasteiger partial charge is 0.487 e. The molecule has 1 aliphatic heterocycles. The summed E-state index contributed by atoms with van der Waals surface area (Å²) in [5.41, 5.74) is 2.80. The van der Waals surface area contributed by atoms with Crippen molar-refractivity contribution in [3.05, 3.63) is 64.8 Å². The smallest absolute Gasteiger partial charge is 0.165 e. The average Bonchev–Trinajstić information content (AvgIpc) is 3.00. The molecule has 3 aromatic rings. The van der Waals surface area contributed by atoms with Gasteiger partial charge in [0.2, 0.25) is 0 Å². The minimum atomic E-state index is 0.221. The minimum absolute atomic E-state index is 0.221. The molecule has 1 fully saturated rings. The predicted octanol–water partition coefficient (Wildman–Crippen LogP) is 4.98. The van der Waals surface area contributed by atoms with Gasteiger partial charge in [-0.25, -0.2) is 0 Å². The van der Waals surface area contributed by atoms with Gasteiger partial charge >= 0.3 is 0 Å². The van der Waals surface area contributed by atoms with E-state index in [-0.39, 0.29) is 5.78 Å². The van der Waals surface area contributed by atoms with Crippen molar-refractivity contribution in [1.29, 1.82) is 0 Å². The van der Waals surface area contributed by atoms with Crippen LogP contribution in [0.2, 0.25) is 5.02 Å². The van der Waals surface area contributed by atoms with E-state index in [4.69, 9.17) is 16.3 Å². The van der Waals surface area contributed by atoms with Gasteiger partial charge in [0, 0.05) is 35.0 Å². The highest BCUT2D eigenvalue weighted by atomic mass is 35.5. The fraction of sp³-hybridized carbons (Fsp3) is 0.348. The number of nitrogens with zero attached hydrogens (tertiary/aromatic N) is 1.